The fraction of sp³-hybridized carbons (Fsp3) is 0.750. The van der Waals surface area contributed by atoms with Gasteiger partial charge in [-0.2, -0.15) is 0 Å². The first-order chi connectivity index (χ1) is 6.70. The lowest BCUT2D eigenvalue weighted by Gasteiger charge is -2.42. The average Bonchev–Trinajstić information content (AvgIpc) is 2.10. The van der Waals surface area contributed by atoms with E-state index in [-0.39, 0.29) is 11.5 Å². The summed E-state index contributed by atoms with van der Waals surface area (Å²) in [5, 5.41) is 0. The molecule has 0 atom stereocenters. The Hall–Kier alpha value is -0.830. The third-order valence-electron chi connectivity index (χ3n) is 3.09. The van der Waals surface area contributed by atoms with Crippen LogP contribution in [0.25, 0.3) is 0 Å². The van der Waals surface area contributed by atoms with Crippen LogP contribution in [0.1, 0.15) is 27.2 Å². The van der Waals surface area contributed by atoms with Crippen molar-refractivity contribution >= 4 is 5.97 Å². The largest absolute Gasteiger partial charge is 0.462 e. The minimum Gasteiger partial charge on any atom is -0.462 e. The molecule has 0 aliphatic rings. The fourth-order valence-corrected chi connectivity index (χ4v) is 1.03. The second kappa shape index (κ2) is 5.31. The molecule has 0 bridgehead atoms. The topological polar surface area (TPSA) is 26.3 Å². The first kappa shape index (κ1) is 14.2. The zero-order valence-corrected chi connectivity index (χ0v) is 10.7. The van der Waals surface area contributed by atoms with Gasteiger partial charge in [0.15, 0.2) is 0 Å². The van der Waals surface area contributed by atoms with Crippen molar-refractivity contribution in [1.82, 2.24) is 0 Å². The number of quaternary nitrogens is 1. The molecule has 15 heavy (non-hydrogen) atoms. The molecule has 0 aromatic heterocycles. The van der Waals surface area contributed by atoms with E-state index in [0.717, 1.165) is 17.4 Å². The Morgan fingerprint density at radius 2 is 1.93 bits per heavy atom. The van der Waals surface area contributed by atoms with Gasteiger partial charge in [-0.1, -0.05) is 6.58 Å². The van der Waals surface area contributed by atoms with Crippen LogP contribution in [0.2, 0.25) is 0 Å². The Labute approximate surface area is 93.3 Å². The number of rotatable bonds is 5. The van der Waals surface area contributed by atoms with E-state index < -0.39 is 0 Å². The summed E-state index contributed by atoms with van der Waals surface area (Å²) in [5.74, 6) is -0.337. The number of nitrogens with zero attached hydrogens (tertiary/aromatic N) is 1. The van der Waals surface area contributed by atoms with Gasteiger partial charge in [-0.25, -0.2) is 4.79 Å². The summed E-state index contributed by atoms with van der Waals surface area (Å²) >= 11 is 0. The van der Waals surface area contributed by atoms with Gasteiger partial charge in [0.25, 0.3) is 0 Å². The van der Waals surface area contributed by atoms with E-state index in [4.69, 9.17) is 4.74 Å². The lowest BCUT2D eigenvalue weighted by molar-refractivity contribution is -0.935. The van der Waals surface area contributed by atoms with Gasteiger partial charge >= 0.3 is 5.97 Å². The van der Waals surface area contributed by atoms with Crippen molar-refractivity contribution < 1.29 is 14.0 Å². The van der Waals surface area contributed by atoms with Crippen LogP contribution in [-0.2, 0) is 9.53 Å². The Morgan fingerprint density at radius 1 is 1.40 bits per heavy atom. The summed E-state index contributed by atoms with van der Waals surface area (Å²) in [4.78, 5) is 10.8. The Kier molecular flexibility index (Phi) is 5.01. The summed E-state index contributed by atoms with van der Waals surface area (Å²) in [6, 6.07) is 0. The highest BCUT2D eigenvalue weighted by molar-refractivity contribution is 5.81. The maximum absolute atomic E-state index is 10.8. The monoisotopic (exact) mass is 214 g/mol. The molecule has 88 valence electrons. The van der Waals surface area contributed by atoms with Gasteiger partial charge in [0.1, 0.15) is 0 Å². The molecule has 3 heteroatoms. The van der Waals surface area contributed by atoms with Gasteiger partial charge in [-0.15, -0.1) is 0 Å². The number of hydrogen-bond donors (Lipinski definition) is 0. The molecule has 0 heterocycles. The van der Waals surface area contributed by atoms with Crippen molar-refractivity contribution in [3.63, 3.8) is 0 Å². The zero-order chi connectivity index (χ0) is 12.1. The molecule has 0 aromatic carbocycles. The molecule has 0 rings (SSSR count). The fourth-order valence-electron chi connectivity index (χ4n) is 1.03. The minimum atomic E-state index is -0.337. The van der Waals surface area contributed by atoms with Crippen molar-refractivity contribution in [2.24, 2.45) is 0 Å². The molecule has 0 aliphatic carbocycles. The normalized spacial score (nSPS) is 12.3. The zero-order valence-electron chi connectivity index (χ0n) is 10.7. The van der Waals surface area contributed by atoms with Gasteiger partial charge in [-0.05, 0) is 20.8 Å². The first-order valence-electron chi connectivity index (χ1n) is 5.33. The van der Waals surface area contributed by atoms with Crippen LogP contribution in [0, 0.1) is 0 Å². The molecule has 0 spiro atoms. The van der Waals surface area contributed by atoms with E-state index in [9.17, 15) is 4.79 Å². The van der Waals surface area contributed by atoms with Crippen LogP contribution < -0.4 is 0 Å². The van der Waals surface area contributed by atoms with E-state index in [1.54, 1.807) is 0 Å². The van der Waals surface area contributed by atoms with Gasteiger partial charge in [-0.3, -0.25) is 0 Å². The van der Waals surface area contributed by atoms with E-state index in [1.807, 2.05) is 0 Å². The second-order valence-electron chi connectivity index (χ2n) is 5.30. The predicted molar refractivity (Wildman–Crippen MR) is 62.5 cm³/mol. The van der Waals surface area contributed by atoms with Crippen molar-refractivity contribution in [2.75, 3.05) is 27.2 Å². The van der Waals surface area contributed by atoms with Crippen LogP contribution in [0.5, 0.6) is 0 Å². The van der Waals surface area contributed by atoms with Gasteiger partial charge in [0.05, 0.1) is 32.8 Å². The van der Waals surface area contributed by atoms with Crippen LogP contribution in [0.15, 0.2) is 12.7 Å². The lowest BCUT2D eigenvalue weighted by Crippen LogP contribution is -2.54. The molecular weight excluding hydrogens is 190 g/mol. The average molecular weight is 214 g/mol. The highest BCUT2D eigenvalue weighted by Gasteiger charge is 2.30. The summed E-state index contributed by atoms with van der Waals surface area (Å²) < 4.78 is 5.85. The molecule has 3 nitrogen and oxygen atoms in total. The highest BCUT2D eigenvalue weighted by Crippen LogP contribution is 2.19. The van der Waals surface area contributed by atoms with Crippen LogP contribution in [0.3, 0.4) is 0 Å². The molecule has 0 aliphatic heterocycles. The highest BCUT2D eigenvalue weighted by atomic mass is 16.5. The smallest absolute Gasteiger partial charge is 0.330 e. The molecule has 0 saturated carbocycles. The predicted octanol–water partition coefficient (Wildman–Crippen LogP) is 1.98. The van der Waals surface area contributed by atoms with Crippen molar-refractivity contribution in [3.8, 4) is 0 Å². The van der Waals surface area contributed by atoms with Crippen molar-refractivity contribution in [3.05, 3.63) is 12.7 Å². The minimum absolute atomic E-state index is 0.211. The summed E-state index contributed by atoms with van der Waals surface area (Å²) in [6.07, 6.45) is 2.08. The molecule has 0 amide bonds. The molecule has 0 fully saturated rings. The SMILES string of the molecule is C=CC(=O)OCCC[N+](C)(C)C(C)(C)C. The first-order valence-corrected chi connectivity index (χ1v) is 5.33. The number of carbonyl (C=O) groups excluding carboxylic acids is 1. The van der Waals surface area contributed by atoms with Crippen LogP contribution in [0.4, 0.5) is 0 Å². The quantitative estimate of drug-likeness (QED) is 0.303. The maximum Gasteiger partial charge on any atom is 0.330 e. The Bertz CT molecular complexity index is 226. The molecule has 0 radical (unpaired) electrons. The van der Waals surface area contributed by atoms with Crippen molar-refractivity contribution in [2.45, 2.75) is 32.7 Å². The second-order valence-corrected chi connectivity index (χ2v) is 5.30. The molecule has 0 aromatic rings. The maximum atomic E-state index is 10.8. The summed E-state index contributed by atoms with van der Waals surface area (Å²) in [5.41, 5.74) is 0.211. The van der Waals surface area contributed by atoms with E-state index in [0.29, 0.717) is 6.61 Å². The number of ether oxygens (including phenoxy) is 1. The number of esters is 1. The van der Waals surface area contributed by atoms with Crippen LogP contribution in [-0.4, -0.2) is 43.2 Å². The summed E-state index contributed by atoms with van der Waals surface area (Å²) in [7, 11) is 4.38. The number of hydrogen-bond acceptors (Lipinski definition) is 2. The Morgan fingerprint density at radius 3 is 2.33 bits per heavy atom. The van der Waals surface area contributed by atoms with Crippen molar-refractivity contribution in [1.29, 1.82) is 0 Å². The van der Waals surface area contributed by atoms with E-state index >= 15 is 0 Å². The lowest BCUT2D eigenvalue weighted by atomic mass is 10.0. The molecule has 0 N–H and O–H groups in total. The molecule has 0 saturated heterocycles. The third-order valence-corrected chi connectivity index (χ3v) is 3.09. The van der Waals surface area contributed by atoms with Gasteiger partial charge in [0, 0.05) is 12.5 Å². The summed E-state index contributed by atoms with van der Waals surface area (Å²) in [6.45, 7) is 11.5. The third kappa shape index (κ3) is 4.98. The molecule has 0 unspecified atom stereocenters. The van der Waals surface area contributed by atoms with Crippen LogP contribution >= 0.6 is 0 Å². The van der Waals surface area contributed by atoms with E-state index in [1.165, 1.54) is 6.08 Å². The molecular formula is C12H24NO2+. The van der Waals surface area contributed by atoms with Gasteiger partial charge < -0.3 is 9.22 Å². The van der Waals surface area contributed by atoms with E-state index in [2.05, 4.69) is 41.4 Å². The van der Waals surface area contributed by atoms with Gasteiger partial charge in [0.2, 0.25) is 0 Å². The number of carbonyl (C=O) groups is 1. The Balaban J connectivity index is 3.86. The standard InChI is InChI=1S/C12H24NO2/c1-7-11(14)15-10-8-9-13(5,6)12(2,3)4/h7H,1,8-10H2,2-6H3/q+1.